The highest BCUT2D eigenvalue weighted by atomic mass is 16.2. The van der Waals surface area contributed by atoms with Crippen molar-refractivity contribution < 1.29 is 9.59 Å². The number of likely N-dealkylation sites (tertiary alicyclic amines) is 1. The molecule has 1 fully saturated rings. The second-order valence-corrected chi connectivity index (χ2v) is 5.25. The van der Waals surface area contributed by atoms with Gasteiger partial charge < -0.3 is 10.2 Å². The van der Waals surface area contributed by atoms with E-state index in [0.717, 1.165) is 31.4 Å². The minimum absolute atomic E-state index is 0.0481. The molecule has 1 aromatic carbocycles. The minimum atomic E-state index is -0.385. The molecule has 20 heavy (non-hydrogen) atoms. The molecule has 0 aromatic heterocycles. The Bertz CT molecular complexity index is 499. The molecular weight excluding hydrogens is 252 g/mol. The Morgan fingerprint density at radius 1 is 1.35 bits per heavy atom. The van der Waals surface area contributed by atoms with Crippen LogP contribution < -0.4 is 5.32 Å². The first kappa shape index (κ1) is 14.6. The lowest BCUT2D eigenvalue weighted by Gasteiger charge is -2.23. The number of aryl methyl sites for hydroxylation is 1. The second-order valence-electron chi connectivity index (χ2n) is 5.25. The Morgan fingerprint density at radius 2 is 2.10 bits per heavy atom. The first-order chi connectivity index (χ1) is 9.63. The van der Waals surface area contributed by atoms with Crippen LogP contribution in [0.3, 0.4) is 0 Å². The summed E-state index contributed by atoms with van der Waals surface area (Å²) in [5.74, 6) is -0.105. The normalized spacial score (nSPS) is 19.6. The van der Waals surface area contributed by atoms with Crippen LogP contribution in [0.4, 0.5) is 0 Å². The molecule has 0 spiro atoms. The van der Waals surface area contributed by atoms with Gasteiger partial charge in [0.15, 0.2) is 0 Å². The van der Waals surface area contributed by atoms with Crippen molar-refractivity contribution in [3.05, 3.63) is 35.4 Å². The summed E-state index contributed by atoms with van der Waals surface area (Å²) in [6.07, 6.45) is 2.71. The van der Waals surface area contributed by atoms with Crippen molar-refractivity contribution in [2.45, 2.75) is 39.2 Å². The van der Waals surface area contributed by atoms with Gasteiger partial charge >= 0.3 is 0 Å². The third-order valence-electron chi connectivity index (χ3n) is 3.86. The van der Waals surface area contributed by atoms with E-state index in [1.807, 2.05) is 36.9 Å². The van der Waals surface area contributed by atoms with E-state index >= 15 is 0 Å². The molecule has 1 aliphatic rings. The highest BCUT2D eigenvalue weighted by Gasteiger charge is 2.27. The summed E-state index contributed by atoms with van der Waals surface area (Å²) >= 11 is 0. The molecule has 1 unspecified atom stereocenters. The Balaban J connectivity index is 2.10. The van der Waals surface area contributed by atoms with Crippen LogP contribution in [0.2, 0.25) is 0 Å². The van der Waals surface area contributed by atoms with E-state index in [2.05, 4.69) is 5.32 Å². The summed E-state index contributed by atoms with van der Waals surface area (Å²) < 4.78 is 0. The quantitative estimate of drug-likeness (QED) is 0.918. The van der Waals surface area contributed by atoms with E-state index in [0.29, 0.717) is 12.1 Å². The molecule has 0 saturated carbocycles. The van der Waals surface area contributed by atoms with Gasteiger partial charge in [0.2, 0.25) is 5.91 Å². The fraction of sp³-hybridized carbons (Fsp3) is 0.500. The van der Waals surface area contributed by atoms with E-state index in [1.165, 1.54) is 0 Å². The standard InChI is InChI=1S/C16H22N2O2/c1-3-18-11-7-6-10-14(16(18)20)17-15(19)13-9-5-4-8-12(13)2/h4-5,8-9,14H,3,6-7,10-11H2,1-2H3,(H,17,19). The fourth-order valence-corrected chi connectivity index (χ4v) is 2.62. The van der Waals surface area contributed by atoms with E-state index in [4.69, 9.17) is 0 Å². The molecule has 2 amide bonds. The lowest BCUT2D eigenvalue weighted by Crippen LogP contribution is -2.47. The second kappa shape index (κ2) is 6.55. The molecular formula is C16H22N2O2. The van der Waals surface area contributed by atoms with E-state index < -0.39 is 0 Å². The monoisotopic (exact) mass is 274 g/mol. The first-order valence-corrected chi connectivity index (χ1v) is 7.28. The van der Waals surface area contributed by atoms with Crippen molar-refractivity contribution >= 4 is 11.8 Å². The van der Waals surface area contributed by atoms with Crippen LogP contribution in [-0.4, -0.2) is 35.8 Å². The molecule has 2 rings (SSSR count). The lowest BCUT2D eigenvalue weighted by molar-refractivity contribution is -0.132. The maximum absolute atomic E-state index is 12.3. The SMILES string of the molecule is CCN1CCCCC(NC(=O)c2ccccc2C)C1=O. The van der Waals surface area contributed by atoms with E-state index in [9.17, 15) is 9.59 Å². The summed E-state index contributed by atoms with van der Waals surface area (Å²) in [4.78, 5) is 26.5. The summed E-state index contributed by atoms with van der Waals surface area (Å²) in [5, 5.41) is 2.90. The average molecular weight is 274 g/mol. The van der Waals surface area contributed by atoms with Crippen molar-refractivity contribution in [3.63, 3.8) is 0 Å². The number of rotatable bonds is 3. The lowest BCUT2D eigenvalue weighted by atomic mass is 10.1. The van der Waals surface area contributed by atoms with Crippen molar-refractivity contribution in [3.8, 4) is 0 Å². The predicted octanol–water partition coefficient (Wildman–Crippen LogP) is 2.13. The van der Waals surface area contributed by atoms with Gasteiger partial charge in [0.05, 0.1) is 0 Å². The molecule has 4 nitrogen and oxygen atoms in total. The number of amides is 2. The molecule has 0 aliphatic carbocycles. The number of benzene rings is 1. The third-order valence-corrected chi connectivity index (χ3v) is 3.86. The highest BCUT2D eigenvalue weighted by molar-refractivity contribution is 5.98. The van der Waals surface area contributed by atoms with Crippen LogP contribution in [0.25, 0.3) is 0 Å². The van der Waals surface area contributed by atoms with Crippen LogP contribution in [0.15, 0.2) is 24.3 Å². The Labute approximate surface area is 120 Å². The molecule has 4 heteroatoms. The molecule has 1 aromatic rings. The Kier molecular flexibility index (Phi) is 4.77. The van der Waals surface area contributed by atoms with Crippen molar-refractivity contribution in [1.29, 1.82) is 0 Å². The molecule has 1 heterocycles. The number of carbonyl (C=O) groups is 2. The molecule has 1 aliphatic heterocycles. The number of likely N-dealkylation sites (N-methyl/N-ethyl adjacent to an activating group) is 1. The van der Waals surface area contributed by atoms with Crippen molar-refractivity contribution in [2.75, 3.05) is 13.1 Å². The number of nitrogens with one attached hydrogen (secondary N) is 1. The fourth-order valence-electron chi connectivity index (χ4n) is 2.62. The molecule has 0 bridgehead atoms. The first-order valence-electron chi connectivity index (χ1n) is 7.28. The zero-order valence-electron chi connectivity index (χ0n) is 12.2. The maximum Gasteiger partial charge on any atom is 0.252 e. The summed E-state index contributed by atoms with van der Waals surface area (Å²) in [6, 6.07) is 7.06. The number of hydrogen-bond donors (Lipinski definition) is 1. The van der Waals surface area contributed by atoms with Crippen molar-refractivity contribution in [1.82, 2.24) is 10.2 Å². The third kappa shape index (κ3) is 3.18. The van der Waals surface area contributed by atoms with Crippen LogP contribution >= 0.6 is 0 Å². The summed E-state index contributed by atoms with van der Waals surface area (Å²) in [5.41, 5.74) is 1.58. The Morgan fingerprint density at radius 3 is 2.80 bits per heavy atom. The number of nitrogens with zero attached hydrogens (tertiary/aromatic N) is 1. The Hall–Kier alpha value is -1.84. The van der Waals surface area contributed by atoms with Gasteiger partial charge in [-0.25, -0.2) is 0 Å². The molecule has 1 atom stereocenters. The molecule has 108 valence electrons. The summed E-state index contributed by atoms with van der Waals surface area (Å²) in [6.45, 7) is 5.38. The average Bonchev–Trinajstić information content (AvgIpc) is 2.62. The molecule has 1 saturated heterocycles. The summed E-state index contributed by atoms with van der Waals surface area (Å²) in [7, 11) is 0. The maximum atomic E-state index is 12.3. The van der Waals surface area contributed by atoms with E-state index in [1.54, 1.807) is 6.07 Å². The van der Waals surface area contributed by atoms with Gasteiger partial charge in [-0.3, -0.25) is 9.59 Å². The van der Waals surface area contributed by atoms with Crippen LogP contribution in [0, 0.1) is 6.92 Å². The number of hydrogen-bond acceptors (Lipinski definition) is 2. The van der Waals surface area contributed by atoms with Gasteiger partial charge in [-0.05, 0) is 44.7 Å². The van der Waals surface area contributed by atoms with Gasteiger partial charge in [-0.1, -0.05) is 18.2 Å². The van der Waals surface area contributed by atoms with Gasteiger partial charge in [0.1, 0.15) is 6.04 Å². The van der Waals surface area contributed by atoms with Gasteiger partial charge in [0.25, 0.3) is 5.91 Å². The zero-order chi connectivity index (χ0) is 14.5. The smallest absolute Gasteiger partial charge is 0.252 e. The topological polar surface area (TPSA) is 49.4 Å². The van der Waals surface area contributed by atoms with Gasteiger partial charge in [-0.2, -0.15) is 0 Å². The largest absolute Gasteiger partial charge is 0.341 e. The number of carbonyl (C=O) groups excluding carboxylic acids is 2. The minimum Gasteiger partial charge on any atom is -0.341 e. The van der Waals surface area contributed by atoms with Crippen molar-refractivity contribution in [2.24, 2.45) is 0 Å². The van der Waals surface area contributed by atoms with Crippen LogP contribution in [-0.2, 0) is 4.79 Å². The van der Waals surface area contributed by atoms with Gasteiger partial charge in [0, 0.05) is 18.7 Å². The molecule has 1 N–H and O–H groups in total. The van der Waals surface area contributed by atoms with Crippen LogP contribution in [0.1, 0.15) is 42.1 Å². The predicted molar refractivity (Wildman–Crippen MR) is 78.5 cm³/mol. The highest BCUT2D eigenvalue weighted by Crippen LogP contribution is 2.14. The van der Waals surface area contributed by atoms with Gasteiger partial charge in [-0.15, -0.1) is 0 Å². The van der Waals surface area contributed by atoms with Crippen LogP contribution in [0.5, 0.6) is 0 Å². The molecule has 0 radical (unpaired) electrons. The van der Waals surface area contributed by atoms with E-state index in [-0.39, 0.29) is 17.9 Å². The zero-order valence-corrected chi connectivity index (χ0v) is 12.2.